The van der Waals surface area contributed by atoms with Gasteiger partial charge in [0.15, 0.2) is 3.48 Å². The van der Waals surface area contributed by atoms with Gasteiger partial charge in [-0.25, -0.2) is 0 Å². The average molecular weight is 254 g/mol. The van der Waals surface area contributed by atoms with Gasteiger partial charge in [-0.15, -0.1) is 0 Å². The van der Waals surface area contributed by atoms with Gasteiger partial charge in [-0.1, -0.05) is 31.9 Å². The Hall–Kier alpha value is 1.11. The van der Waals surface area contributed by atoms with E-state index in [2.05, 4.69) is 31.9 Å². The third-order valence-corrected chi connectivity index (χ3v) is 3.96. The molecule has 0 heterocycles. The molecule has 7 heavy (non-hydrogen) atoms. The molecule has 44 valence electrons. The van der Waals surface area contributed by atoms with E-state index in [0.29, 0.717) is 0 Å². The Bertz CT molecular complexity index is 95.1. The summed E-state index contributed by atoms with van der Waals surface area (Å²) in [5.74, 6) is 0. The fourth-order valence-electron chi connectivity index (χ4n) is 0. The monoisotopic (exact) mass is 252 g/mol. The van der Waals surface area contributed by atoms with Crippen LogP contribution in [0.5, 0.6) is 0 Å². The van der Waals surface area contributed by atoms with Crippen molar-refractivity contribution in [3.05, 3.63) is 0 Å². The van der Waals surface area contributed by atoms with Crippen LogP contribution in [-0.4, -0.2) is 13.3 Å². The first-order valence-electron chi connectivity index (χ1n) is 1.28. The summed E-state index contributed by atoms with van der Waals surface area (Å²) >= 11 is 5.30. The maximum atomic E-state index is 9.93. The molecule has 0 aliphatic carbocycles. The van der Waals surface area contributed by atoms with Gasteiger partial charge in [-0.2, -0.15) is 0 Å². The third-order valence-electron chi connectivity index (χ3n) is 0.254. The molecule has 0 aliphatic heterocycles. The second-order valence-electron chi connectivity index (χ2n) is 0.867. The summed E-state index contributed by atoms with van der Waals surface area (Å²) in [5, 5.41) is 0. The van der Waals surface area contributed by atoms with Crippen molar-refractivity contribution in [2.75, 3.05) is 0 Å². The second kappa shape index (κ2) is 2.60. The van der Waals surface area contributed by atoms with Crippen LogP contribution < -0.4 is 0 Å². The van der Waals surface area contributed by atoms with Crippen LogP contribution in [0.4, 0.5) is 0 Å². The van der Waals surface area contributed by atoms with E-state index in [4.69, 9.17) is 9.79 Å². The first-order valence-corrected chi connectivity index (χ1v) is 4.79. The predicted molar refractivity (Wildman–Crippen MR) is 33.7 cm³/mol. The predicted octanol–water partition coefficient (Wildman–Crippen LogP) is 1.24. The lowest BCUT2D eigenvalue weighted by atomic mass is 11.9. The van der Waals surface area contributed by atoms with Gasteiger partial charge < -0.3 is 9.79 Å². The van der Waals surface area contributed by atoms with E-state index in [1.807, 2.05) is 0 Å². The van der Waals surface area contributed by atoms with Gasteiger partial charge in [0.2, 0.25) is 0 Å². The average Bonchev–Trinajstić information content (AvgIpc) is 1.31. The summed E-state index contributed by atoms with van der Waals surface area (Å²) in [4.78, 5) is 16.2. The molecule has 0 amide bonds. The van der Waals surface area contributed by atoms with Gasteiger partial charge in [-0.3, -0.25) is 4.57 Å². The quantitative estimate of drug-likeness (QED) is 0.546. The van der Waals surface area contributed by atoms with Gasteiger partial charge in [0.05, 0.1) is 0 Å². The Morgan fingerprint density at radius 2 is 1.57 bits per heavy atom. The molecule has 0 saturated heterocycles. The molecule has 0 atom stereocenters. The zero-order valence-corrected chi connectivity index (χ0v) is 7.15. The molecule has 0 aromatic rings. The van der Waals surface area contributed by atoms with E-state index >= 15 is 0 Å². The fraction of sp³-hybridized carbons (Fsp3) is 1.00. The molecular weight excluding hydrogens is 251 g/mol. The maximum Gasteiger partial charge on any atom is 0.349 e. The lowest BCUT2D eigenvalue weighted by molar-refractivity contribution is 0.378. The van der Waals surface area contributed by atoms with Crippen LogP contribution in [0.1, 0.15) is 0 Å². The fourth-order valence-corrected chi connectivity index (χ4v) is 0. The first-order chi connectivity index (χ1) is 2.94. The van der Waals surface area contributed by atoms with Crippen molar-refractivity contribution < 1.29 is 14.4 Å². The van der Waals surface area contributed by atoms with Gasteiger partial charge in [0.25, 0.3) is 0 Å². The summed E-state index contributed by atoms with van der Waals surface area (Å²) in [6, 6.07) is 0. The highest BCUT2D eigenvalue weighted by Gasteiger charge is 2.21. The largest absolute Gasteiger partial charge is 0.349 e. The maximum absolute atomic E-state index is 9.93. The molecule has 0 aromatic heterocycles. The van der Waals surface area contributed by atoms with E-state index < -0.39 is 11.1 Å². The molecule has 3 nitrogen and oxygen atoms in total. The minimum Gasteiger partial charge on any atom is -0.323 e. The zero-order valence-electron chi connectivity index (χ0n) is 3.08. The molecule has 0 bridgehead atoms. The molecule has 0 aromatic carbocycles. The normalized spacial score (nSPS) is 12.7. The van der Waals surface area contributed by atoms with Crippen molar-refractivity contribution >= 4 is 39.5 Å². The van der Waals surface area contributed by atoms with Crippen LogP contribution in [0.2, 0.25) is 0 Å². The first kappa shape index (κ1) is 8.11. The van der Waals surface area contributed by atoms with Crippen molar-refractivity contribution in [2.45, 2.75) is 3.48 Å². The van der Waals surface area contributed by atoms with Crippen LogP contribution >= 0.6 is 39.5 Å². The summed E-state index contributed by atoms with van der Waals surface area (Å²) < 4.78 is 9.02. The SMILES string of the molecule is O=P(O)(O)C(Br)Br. The number of hydrogen-bond donors (Lipinski definition) is 2. The van der Waals surface area contributed by atoms with Crippen LogP contribution in [0.25, 0.3) is 0 Å². The highest BCUT2D eigenvalue weighted by Crippen LogP contribution is 2.47. The van der Waals surface area contributed by atoms with Crippen molar-refractivity contribution in [1.82, 2.24) is 0 Å². The Morgan fingerprint density at radius 3 is 1.57 bits per heavy atom. The summed E-state index contributed by atoms with van der Waals surface area (Å²) in [7, 11) is -3.90. The van der Waals surface area contributed by atoms with Crippen molar-refractivity contribution in [3.63, 3.8) is 0 Å². The van der Waals surface area contributed by atoms with E-state index in [1.165, 1.54) is 0 Å². The lowest BCUT2D eigenvalue weighted by Crippen LogP contribution is -1.84. The molecule has 2 N–H and O–H groups in total. The highest BCUT2D eigenvalue weighted by molar-refractivity contribution is 9.26. The van der Waals surface area contributed by atoms with Crippen molar-refractivity contribution in [2.24, 2.45) is 0 Å². The summed E-state index contributed by atoms with van der Waals surface area (Å²) in [6.07, 6.45) is 0. The van der Waals surface area contributed by atoms with Gasteiger partial charge >= 0.3 is 7.60 Å². The third kappa shape index (κ3) is 3.67. The van der Waals surface area contributed by atoms with Crippen molar-refractivity contribution in [3.8, 4) is 0 Å². The highest BCUT2D eigenvalue weighted by atomic mass is 79.9. The topological polar surface area (TPSA) is 57.5 Å². The Balaban J connectivity index is 3.80. The summed E-state index contributed by atoms with van der Waals surface area (Å²) in [6.45, 7) is 0. The van der Waals surface area contributed by atoms with E-state index in [1.54, 1.807) is 0 Å². The molecule has 0 saturated carbocycles. The number of hydrogen-bond acceptors (Lipinski definition) is 1. The molecule has 0 aliphatic rings. The molecule has 0 fully saturated rings. The summed E-state index contributed by atoms with van der Waals surface area (Å²) in [5.41, 5.74) is 0. The van der Waals surface area contributed by atoms with Gasteiger partial charge in [0, 0.05) is 0 Å². The Kier molecular flexibility index (Phi) is 3.01. The van der Waals surface area contributed by atoms with Gasteiger partial charge in [-0.05, 0) is 0 Å². The van der Waals surface area contributed by atoms with Gasteiger partial charge in [0.1, 0.15) is 0 Å². The minimum absolute atomic E-state index is 0.910. The molecular formula is CH3Br2O3P. The number of rotatable bonds is 1. The second-order valence-corrected chi connectivity index (χ2v) is 7.04. The van der Waals surface area contributed by atoms with E-state index in [0.717, 1.165) is 0 Å². The van der Waals surface area contributed by atoms with Crippen LogP contribution in [0.15, 0.2) is 0 Å². The Labute approximate surface area is 57.5 Å². The van der Waals surface area contributed by atoms with Crippen molar-refractivity contribution in [1.29, 1.82) is 0 Å². The lowest BCUT2D eigenvalue weighted by Gasteiger charge is -2.00. The van der Waals surface area contributed by atoms with E-state index in [9.17, 15) is 4.57 Å². The molecule has 0 unspecified atom stereocenters. The van der Waals surface area contributed by atoms with Crippen LogP contribution in [0, 0.1) is 0 Å². The smallest absolute Gasteiger partial charge is 0.323 e. The molecule has 0 spiro atoms. The molecule has 0 radical (unpaired) electrons. The van der Waals surface area contributed by atoms with Crippen LogP contribution in [-0.2, 0) is 4.57 Å². The standard InChI is InChI=1S/CH3Br2O3P/c2-1(3)7(4,5)6/h1H,(H2,4,5,6). The minimum atomic E-state index is -3.90. The zero-order chi connectivity index (χ0) is 6.08. The van der Waals surface area contributed by atoms with E-state index in [-0.39, 0.29) is 0 Å². The molecule has 6 heteroatoms. The molecule has 0 rings (SSSR count). The Morgan fingerprint density at radius 1 is 1.43 bits per heavy atom. The number of halogens is 2. The number of alkyl halides is 2. The van der Waals surface area contributed by atoms with Crippen LogP contribution in [0.3, 0.4) is 0 Å².